The summed E-state index contributed by atoms with van der Waals surface area (Å²) in [6, 6.07) is 45.9. The molecule has 7 rings (SSSR count). The van der Waals surface area contributed by atoms with Gasteiger partial charge in [-0.25, -0.2) is 15.0 Å². The summed E-state index contributed by atoms with van der Waals surface area (Å²) in [6.45, 7) is 4.38. The first-order valence-corrected chi connectivity index (χ1v) is 13.8. The smallest absolute Gasteiger partial charge is 0.164 e. The Morgan fingerprint density at radius 2 is 1.02 bits per heavy atom. The fourth-order valence-corrected chi connectivity index (χ4v) is 5.62. The highest BCUT2D eigenvalue weighted by molar-refractivity contribution is 6.00. The number of hydrogen-bond donors (Lipinski definition) is 0. The average molecular weight is 529 g/mol. The summed E-state index contributed by atoms with van der Waals surface area (Å²) in [7, 11) is 0. The van der Waals surface area contributed by atoms with E-state index in [2.05, 4.69) is 91.2 Å². The lowest BCUT2D eigenvalue weighted by atomic mass is 9.98. The second kappa shape index (κ2) is 10.3. The highest BCUT2D eigenvalue weighted by atomic mass is 15.0. The van der Waals surface area contributed by atoms with Gasteiger partial charge in [-0.15, -0.1) is 0 Å². The first kappa shape index (κ1) is 24.7. The fraction of sp³-hybridized carbons (Fsp3) is 0.0541. The number of aryl methyl sites for hydroxylation is 1. The molecular weight excluding hydrogens is 500 g/mol. The Hall–Kier alpha value is -5.35. The number of nitrogens with zero attached hydrogens (tertiary/aromatic N) is 4. The highest BCUT2D eigenvalue weighted by Gasteiger charge is 2.19. The van der Waals surface area contributed by atoms with Gasteiger partial charge in [0, 0.05) is 39.0 Å². The zero-order chi connectivity index (χ0) is 27.8. The van der Waals surface area contributed by atoms with Crippen LogP contribution in [0.5, 0.6) is 0 Å². The summed E-state index contributed by atoms with van der Waals surface area (Å²) in [6.07, 6.45) is 0. The van der Waals surface area contributed by atoms with Gasteiger partial charge in [0.1, 0.15) is 0 Å². The van der Waals surface area contributed by atoms with Crippen LogP contribution in [0.2, 0.25) is 0 Å². The third-order valence-electron chi connectivity index (χ3n) is 7.59. The molecule has 0 aliphatic rings. The Kier molecular flexibility index (Phi) is 6.21. The molecule has 0 aliphatic carbocycles. The molecular formula is C37H28N4. The number of aromatic nitrogens is 4. The lowest BCUT2D eigenvalue weighted by molar-refractivity contribution is 1.05. The highest BCUT2D eigenvalue weighted by Crippen LogP contribution is 2.38. The lowest BCUT2D eigenvalue weighted by Crippen LogP contribution is -2.01. The van der Waals surface area contributed by atoms with Gasteiger partial charge in [0.25, 0.3) is 0 Å². The van der Waals surface area contributed by atoms with Crippen molar-refractivity contribution in [3.63, 3.8) is 0 Å². The molecule has 0 fully saturated rings. The molecule has 4 heteroatoms. The Labute approximate surface area is 239 Å². The molecule has 0 atom stereocenters. The van der Waals surface area contributed by atoms with E-state index in [9.17, 15) is 0 Å². The molecule has 196 valence electrons. The molecule has 7 aromatic rings. The largest absolute Gasteiger partial charge is 0.313 e. The monoisotopic (exact) mass is 528 g/mol. The van der Waals surface area contributed by atoms with Gasteiger partial charge in [0.2, 0.25) is 0 Å². The van der Waals surface area contributed by atoms with Crippen LogP contribution < -0.4 is 0 Å². The van der Waals surface area contributed by atoms with Crippen LogP contribution in [-0.2, 0) is 0 Å². The molecule has 0 saturated heterocycles. The molecule has 2 aromatic heterocycles. The van der Waals surface area contributed by atoms with Gasteiger partial charge in [-0.1, -0.05) is 115 Å². The van der Waals surface area contributed by atoms with Crippen LogP contribution in [-0.4, -0.2) is 19.5 Å². The Morgan fingerprint density at radius 3 is 1.68 bits per heavy atom. The van der Waals surface area contributed by atoms with Gasteiger partial charge < -0.3 is 4.57 Å². The van der Waals surface area contributed by atoms with Crippen molar-refractivity contribution in [2.45, 2.75) is 13.8 Å². The summed E-state index contributed by atoms with van der Waals surface area (Å²) >= 11 is 0. The molecule has 0 N–H and O–H groups in total. The summed E-state index contributed by atoms with van der Waals surface area (Å²) < 4.78 is 2.35. The maximum atomic E-state index is 4.95. The van der Waals surface area contributed by atoms with Crippen LogP contribution in [0.15, 0.2) is 133 Å². The summed E-state index contributed by atoms with van der Waals surface area (Å²) in [5.74, 6) is 1.96. The van der Waals surface area contributed by atoms with E-state index in [0.717, 1.165) is 22.4 Å². The van der Waals surface area contributed by atoms with Gasteiger partial charge in [-0.2, -0.15) is 0 Å². The Morgan fingerprint density at radius 1 is 0.488 bits per heavy atom. The summed E-state index contributed by atoms with van der Waals surface area (Å²) in [4.78, 5) is 14.8. The van der Waals surface area contributed by atoms with E-state index in [0.29, 0.717) is 17.5 Å². The van der Waals surface area contributed by atoms with E-state index in [1.165, 1.54) is 33.3 Å². The van der Waals surface area contributed by atoms with E-state index in [4.69, 9.17) is 15.0 Å². The molecule has 41 heavy (non-hydrogen) atoms. The van der Waals surface area contributed by atoms with Crippen LogP contribution in [0.25, 0.3) is 61.9 Å². The second-order valence-electron chi connectivity index (χ2n) is 10.2. The van der Waals surface area contributed by atoms with E-state index in [-0.39, 0.29) is 0 Å². The van der Waals surface area contributed by atoms with Crippen LogP contribution in [0.4, 0.5) is 0 Å². The van der Waals surface area contributed by atoms with Crippen LogP contribution in [0.1, 0.15) is 11.3 Å². The van der Waals surface area contributed by atoms with E-state index < -0.39 is 0 Å². The van der Waals surface area contributed by atoms with Crippen molar-refractivity contribution in [3.05, 3.63) is 145 Å². The summed E-state index contributed by atoms with van der Waals surface area (Å²) in [5.41, 5.74) is 10.1. The number of hydrogen-bond acceptors (Lipinski definition) is 3. The van der Waals surface area contributed by atoms with Crippen molar-refractivity contribution in [2.75, 3.05) is 0 Å². The minimum atomic E-state index is 0.646. The van der Waals surface area contributed by atoms with Gasteiger partial charge in [0.15, 0.2) is 17.5 Å². The molecule has 2 heterocycles. The topological polar surface area (TPSA) is 43.6 Å². The number of fused-ring (bicyclic) bond motifs is 1. The zero-order valence-electron chi connectivity index (χ0n) is 23.0. The van der Waals surface area contributed by atoms with Gasteiger partial charge >= 0.3 is 0 Å². The minimum Gasteiger partial charge on any atom is -0.313 e. The molecule has 4 nitrogen and oxygen atoms in total. The predicted molar refractivity (Wildman–Crippen MR) is 168 cm³/mol. The van der Waals surface area contributed by atoms with E-state index in [1.54, 1.807) is 0 Å². The predicted octanol–water partition coefficient (Wildman–Crippen LogP) is 9.10. The van der Waals surface area contributed by atoms with Crippen molar-refractivity contribution in [3.8, 4) is 51.0 Å². The van der Waals surface area contributed by atoms with E-state index in [1.807, 2.05) is 60.7 Å². The maximum absolute atomic E-state index is 4.95. The van der Waals surface area contributed by atoms with Crippen molar-refractivity contribution in [2.24, 2.45) is 0 Å². The second-order valence-corrected chi connectivity index (χ2v) is 10.2. The van der Waals surface area contributed by atoms with Crippen molar-refractivity contribution in [1.29, 1.82) is 0 Å². The number of para-hydroxylation sites is 1. The summed E-state index contributed by atoms with van der Waals surface area (Å²) in [5, 5.41) is 1.24. The molecule has 5 aromatic carbocycles. The standard InChI is InChI=1S/C37H28N4/c1-25-14-9-10-21-31(25)34-26(2)41(33-23-12-11-22-32(33)34)30-20-13-19-29(24-30)37-39-35(27-15-5-3-6-16-27)38-36(40-37)28-17-7-4-8-18-28/h3-24H,1-2H3. The molecule has 0 saturated carbocycles. The van der Waals surface area contributed by atoms with Crippen molar-refractivity contribution >= 4 is 10.9 Å². The van der Waals surface area contributed by atoms with Gasteiger partial charge in [-0.05, 0) is 43.2 Å². The van der Waals surface area contributed by atoms with Crippen molar-refractivity contribution in [1.82, 2.24) is 19.5 Å². The Bertz CT molecular complexity index is 1950. The van der Waals surface area contributed by atoms with Crippen molar-refractivity contribution < 1.29 is 0 Å². The maximum Gasteiger partial charge on any atom is 0.164 e. The van der Waals surface area contributed by atoms with Gasteiger partial charge in [0.05, 0.1) is 5.52 Å². The minimum absolute atomic E-state index is 0.646. The quantitative estimate of drug-likeness (QED) is 0.224. The average Bonchev–Trinajstić information content (AvgIpc) is 3.33. The molecule has 0 radical (unpaired) electrons. The lowest BCUT2D eigenvalue weighted by Gasteiger charge is -2.12. The third kappa shape index (κ3) is 4.50. The van der Waals surface area contributed by atoms with E-state index >= 15 is 0 Å². The zero-order valence-corrected chi connectivity index (χ0v) is 23.0. The molecule has 0 spiro atoms. The molecule has 0 unspecified atom stereocenters. The van der Waals surface area contributed by atoms with Crippen LogP contribution in [0, 0.1) is 13.8 Å². The molecule has 0 aliphatic heterocycles. The first-order valence-electron chi connectivity index (χ1n) is 13.8. The van der Waals surface area contributed by atoms with Gasteiger partial charge in [-0.3, -0.25) is 0 Å². The Balaban J connectivity index is 1.42. The molecule has 0 bridgehead atoms. The molecule has 0 amide bonds. The van der Waals surface area contributed by atoms with Crippen LogP contribution >= 0.6 is 0 Å². The number of rotatable bonds is 5. The first-order chi connectivity index (χ1) is 20.2. The normalized spacial score (nSPS) is 11.2. The number of benzene rings is 5. The fourth-order valence-electron chi connectivity index (χ4n) is 5.62. The van der Waals surface area contributed by atoms with Crippen LogP contribution in [0.3, 0.4) is 0 Å². The third-order valence-corrected chi connectivity index (χ3v) is 7.59. The SMILES string of the molecule is Cc1ccccc1-c1c(C)n(-c2cccc(-c3nc(-c4ccccc4)nc(-c4ccccc4)n3)c2)c2ccccc12.